The standard InChI is InChI=1S/C29H25ClN4O4S/c1-17-26(28(37)34-20-8-4-3-5-9-20)27(18-11-12-23(35)24(13-18)38-2)22(15-31)29(32-17)39-16-25(36)33-21-10-6-7-19(30)14-21/h3-14,27,32,35H,16H2,1-2H3,(H,33,36)(H,34,37)/t27-/m0/s1. The fraction of sp³-hybridized carbons (Fsp3) is 0.138. The molecule has 4 rings (SSSR count). The quantitative estimate of drug-likeness (QED) is 0.276. The summed E-state index contributed by atoms with van der Waals surface area (Å²) in [5.41, 5.74) is 2.84. The molecule has 4 N–H and O–H groups in total. The maximum Gasteiger partial charge on any atom is 0.254 e. The first-order chi connectivity index (χ1) is 18.8. The van der Waals surface area contributed by atoms with Crippen molar-refractivity contribution in [3.63, 3.8) is 0 Å². The van der Waals surface area contributed by atoms with Crippen LogP contribution in [0.3, 0.4) is 0 Å². The first-order valence-corrected chi connectivity index (χ1v) is 13.2. The van der Waals surface area contributed by atoms with Gasteiger partial charge in [-0.15, -0.1) is 0 Å². The van der Waals surface area contributed by atoms with Crippen LogP contribution in [-0.2, 0) is 9.59 Å². The van der Waals surface area contributed by atoms with E-state index in [0.29, 0.717) is 38.3 Å². The van der Waals surface area contributed by atoms with Crippen molar-refractivity contribution < 1.29 is 19.4 Å². The van der Waals surface area contributed by atoms with Gasteiger partial charge in [-0.25, -0.2) is 0 Å². The van der Waals surface area contributed by atoms with Crippen LogP contribution in [0.4, 0.5) is 11.4 Å². The van der Waals surface area contributed by atoms with Gasteiger partial charge in [0.1, 0.15) is 0 Å². The lowest BCUT2D eigenvalue weighted by molar-refractivity contribution is -0.114. The number of hydrogen-bond acceptors (Lipinski definition) is 7. The Labute approximate surface area is 235 Å². The number of halogens is 1. The van der Waals surface area contributed by atoms with E-state index >= 15 is 0 Å². The third-order valence-electron chi connectivity index (χ3n) is 5.92. The molecule has 10 heteroatoms. The number of nitriles is 1. The van der Waals surface area contributed by atoms with E-state index in [4.69, 9.17) is 16.3 Å². The SMILES string of the molecule is COc1cc([C@H]2C(C#N)=C(SCC(=O)Nc3cccc(Cl)c3)NC(C)=C2C(=O)Nc2ccccc2)ccc1O. The van der Waals surface area contributed by atoms with Crippen LogP contribution in [0.2, 0.25) is 5.02 Å². The Kier molecular flexibility index (Phi) is 8.81. The molecule has 0 bridgehead atoms. The summed E-state index contributed by atoms with van der Waals surface area (Å²) >= 11 is 7.15. The molecule has 1 atom stereocenters. The van der Waals surface area contributed by atoms with Crippen molar-refractivity contribution in [2.24, 2.45) is 0 Å². The second-order valence-electron chi connectivity index (χ2n) is 8.55. The number of ether oxygens (including phenoxy) is 1. The van der Waals surface area contributed by atoms with Crippen LogP contribution in [0.25, 0.3) is 0 Å². The maximum absolute atomic E-state index is 13.5. The van der Waals surface area contributed by atoms with Crippen molar-refractivity contribution in [3.05, 3.63) is 105 Å². The molecular formula is C29H25ClN4O4S. The fourth-order valence-electron chi connectivity index (χ4n) is 4.16. The average molecular weight is 561 g/mol. The van der Waals surface area contributed by atoms with Gasteiger partial charge in [-0.1, -0.05) is 53.7 Å². The minimum Gasteiger partial charge on any atom is -0.504 e. The summed E-state index contributed by atoms with van der Waals surface area (Å²) in [5.74, 6) is -1.32. The highest BCUT2D eigenvalue weighted by atomic mass is 35.5. The summed E-state index contributed by atoms with van der Waals surface area (Å²) in [6.07, 6.45) is 0. The smallest absolute Gasteiger partial charge is 0.254 e. The van der Waals surface area contributed by atoms with E-state index in [2.05, 4.69) is 22.0 Å². The number of phenols is 1. The number of aromatic hydroxyl groups is 1. The number of benzene rings is 3. The molecule has 0 radical (unpaired) electrons. The van der Waals surface area contributed by atoms with E-state index in [0.717, 1.165) is 11.8 Å². The molecule has 2 amide bonds. The number of nitrogens with zero attached hydrogens (tertiary/aromatic N) is 1. The fourth-order valence-corrected chi connectivity index (χ4v) is 5.24. The number of phenolic OH excluding ortho intramolecular Hbond substituents is 1. The van der Waals surface area contributed by atoms with Gasteiger partial charge in [-0.3, -0.25) is 9.59 Å². The van der Waals surface area contributed by atoms with E-state index in [-0.39, 0.29) is 28.7 Å². The third-order valence-corrected chi connectivity index (χ3v) is 7.17. The van der Waals surface area contributed by atoms with E-state index < -0.39 is 11.8 Å². The molecule has 0 aliphatic carbocycles. The Morgan fingerprint density at radius 3 is 2.51 bits per heavy atom. The second-order valence-corrected chi connectivity index (χ2v) is 9.97. The summed E-state index contributed by atoms with van der Waals surface area (Å²) in [6.45, 7) is 1.74. The molecule has 0 spiro atoms. The van der Waals surface area contributed by atoms with Gasteiger partial charge in [-0.05, 0) is 55.0 Å². The molecular weight excluding hydrogens is 536 g/mol. The molecule has 39 heavy (non-hydrogen) atoms. The van der Waals surface area contributed by atoms with Crippen molar-refractivity contribution in [2.75, 3.05) is 23.5 Å². The van der Waals surface area contributed by atoms with E-state index in [9.17, 15) is 20.0 Å². The number of carbonyl (C=O) groups is 2. The van der Waals surface area contributed by atoms with Crippen LogP contribution in [0.15, 0.2) is 94.7 Å². The lowest BCUT2D eigenvalue weighted by atomic mass is 9.82. The van der Waals surface area contributed by atoms with Crippen LogP contribution in [0.5, 0.6) is 11.5 Å². The molecule has 0 unspecified atom stereocenters. The molecule has 0 saturated heterocycles. The Balaban J connectivity index is 1.67. The molecule has 8 nitrogen and oxygen atoms in total. The Hall–Kier alpha value is -4.39. The number of allylic oxidation sites excluding steroid dienone is 2. The van der Waals surface area contributed by atoms with Crippen LogP contribution in [0, 0.1) is 11.3 Å². The van der Waals surface area contributed by atoms with Crippen LogP contribution in [0.1, 0.15) is 18.4 Å². The summed E-state index contributed by atoms with van der Waals surface area (Å²) in [6, 6.07) is 22.7. The second kappa shape index (κ2) is 12.4. The topological polar surface area (TPSA) is 123 Å². The first kappa shape index (κ1) is 27.6. The first-order valence-electron chi connectivity index (χ1n) is 11.8. The number of carbonyl (C=O) groups excluding carboxylic acids is 2. The van der Waals surface area contributed by atoms with Crippen molar-refractivity contribution in [1.82, 2.24) is 5.32 Å². The molecule has 1 heterocycles. The molecule has 1 aliphatic heterocycles. The van der Waals surface area contributed by atoms with Gasteiger partial charge in [-0.2, -0.15) is 5.26 Å². The Bertz CT molecular complexity index is 1520. The lowest BCUT2D eigenvalue weighted by Crippen LogP contribution is -2.31. The number of rotatable bonds is 8. The zero-order valence-corrected chi connectivity index (χ0v) is 22.7. The minimum absolute atomic E-state index is 0.00444. The minimum atomic E-state index is -0.784. The summed E-state index contributed by atoms with van der Waals surface area (Å²) < 4.78 is 5.29. The van der Waals surface area contributed by atoms with Crippen molar-refractivity contribution in [3.8, 4) is 17.6 Å². The Morgan fingerprint density at radius 2 is 1.82 bits per heavy atom. The number of hydrogen-bond donors (Lipinski definition) is 4. The van der Waals surface area contributed by atoms with Gasteiger partial charge < -0.3 is 25.8 Å². The largest absolute Gasteiger partial charge is 0.504 e. The van der Waals surface area contributed by atoms with Crippen molar-refractivity contribution >= 4 is 46.6 Å². The maximum atomic E-state index is 13.5. The summed E-state index contributed by atoms with van der Waals surface area (Å²) in [5, 5.41) is 30.2. The monoisotopic (exact) mass is 560 g/mol. The van der Waals surface area contributed by atoms with E-state index in [1.807, 2.05) is 18.2 Å². The summed E-state index contributed by atoms with van der Waals surface area (Å²) in [7, 11) is 1.42. The highest BCUT2D eigenvalue weighted by Gasteiger charge is 2.35. The van der Waals surface area contributed by atoms with Crippen LogP contribution < -0.4 is 20.7 Å². The Morgan fingerprint density at radius 1 is 1.08 bits per heavy atom. The van der Waals surface area contributed by atoms with Gasteiger partial charge in [0.25, 0.3) is 5.91 Å². The number of nitrogens with one attached hydrogen (secondary N) is 3. The van der Waals surface area contributed by atoms with Gasteiger partial charge in [0.05, 0.1) is 35.5 Å². The number of amides is 2. The van der Waals surface area contributed by atoms with Crippen molar-refractivity contribution in [2.45, 2.75) is 12.8 Å². The molecule has 3 aromatic carbocycles. The number of anilines is 2. The molecule has 3 aromatic rings. The number of dihydropyridines is 1. The third kappa shape index (κ3) is 6.55. The molecule has 1 aliphatic rings. The highest BCUT2D eigenvalue weighted by Crippen LogP contribution is 2.43. The van der Waals surface area contributed by atoms with Crippen molar-refractivity contribution in [1.29, 1.82) is 5.26 Å². The van der Waals surface area contributed by atoms with E-state index in [1.165, 1.54) is 13.2 Å². The molecule has 198 valence electrons. The van der Waals surface area contributed by atoms with Crippen LogP contribution >= 0.6 is 23.4 Å². The highest BCUT2D eigenvalue weighted by molar-refractivity contribution is 8.03. The average Bonchev–Trinajstić information content (AvgIpc) is 2.92. The zero-order valence-electron chi connectivity index (χ0n) is 21.1. The molecule has 0 aromatic heterocycles. The van der Waals surface area contributed by atoms with Gasteiger partial charge >= 0.3 is 0 Å². The number of methoxy groups -OCH3 is 1. The predicted octanol–water partition coefficient (Wildman–Crippen LogP) is 5.76. The number of thioether (sulfide) groups is 1. The van der Waals surface area contributed by atoms with Crippen LogP contribution in [-0.4, -0.2) is 29.8 Å². The normalized spacial score (nSPS) is 14.8. The zero-order chi connectivity index (χ0) is 27.9. The van der Waals surface area contributed by atoms with E-state index in [1.54, 1.807) is 55.5 Å². The lowest BCUT2D eigenvalue weighted by Gasteiger charge is -2.30. The summed E-state index contributed by atoms with van der Waals surface area (Å²) in [4.78, 5) is 26.2. The van der Waals surface area contributed by atoms with Gasteiger partial charge in [0, 0.05) is 27.7 Å². The van der Waals surface area contributed by atoms with Gasteiger partial charge in [0.15, 0.2) is 11.5 Å². The predicted molar refractivity (Wildman–Crippen MR) is 153 cm³/mol. The molecule has 0 saturated carbocycles. The molecule has 0 fully saturated rings. The van der Waals surface area contributed by atoms with Gasteiger partial charge in [0.2, 0.25) is 5.91 Å². The number of para-hydroxylation sites is 1.